The fraction of sp³-hybridized carbons (Fsp3) is 0.750. The minimum Gasteiger partial charge on any atom is -0.394 e. The summed E-state index contributed by atoms with van der Waals surface area (Å²) in [6.45, 7) is 3.47. The number of aromatic nitrogens is 2. The van der Waals surface area contributed by atoms with Gasteiger partial charge in [-0.05, 0) is 13.3 Å². The number of aromatic amines is 1. The van der Waals surface area contributed by atoms with Crippen molar-refractivity contribution in [1.29, 1.82) is 0 Å². The minimum absolute atomic E-state index is 0.0240. The molecule has 1 saturated heterocycles. The molecule has 154 valence electrons. The van der Waals surface area contributed by atoms with Gasteiger partial charge < -0.3 is 14.6 Å². The molecule has 0 aromatic carbocycles. The van der Waals surface area contributed by atoms with Gasteiger partial charge in [-0.15, -0.1) is 0 Å². The second kappa shape index (κ2) is 9.11. The summed E-state index contributed by atoms with van der Waals surface area (Å²) in [5.74, 6) is 0. The number of hydrogen-bond acceptors (Lipinski definition) is 8. The van der Waals surface area contributed by atoms with E-state index in [1.165, 1.54) is 6.20 Å². The highest BCUT2D eigenvalue weighted by Gasteiger charge is 2.39. The Balaban J connectivity index is 2.21. The molecule has 2 heterocycles. The molecule has 0 saturated carbocycles. The van der Waals surface area contributed by atoms with Crippen LogP contribution in [-0.2, 0) is 30.4 Å². The van der Waals surface area contributed by atoms with E-state index in [1.807, 2.05) is 13.8 Å². The highest BCUT2D eigenvalue weighted by Crippen LogP contribution is 2.30. The number of rotatable bonds is 9. The first-order valence-corrected chi connectivity index (χ1v) is 10.6. The van der Waals surface area contributed by atoms with Gasteiger partial charge in [-0.2, -0.15) is 8.42 Å². The fourth-order valence-electron chi connectivity index (χ4n) is 2.93. The van der Waals surface area contributed by atoms with Crippen LogP contribution in [0, 0.1) is 0 Å². The van der Waals surface area contributed by atoms with Crippen LogP contribution >= 0.6 is 0 Å². The van der Waals surface area contributed by atoms with Gasteiger partial charge in [0.25, 0.3) is 15.7 Å². The quantitative estimate of drug-likeness (QED) is 0.541. The van der Waals surface area contributed by atoms with Crippen molar-refractivity contribution in [3.05, 3.63) is 32.6 Å². The van der Waals surface area contributed by atoms with Crippen LogP contribution in [0.4, 0.5) is 0 Å². The molecule has 0 radical (unpaired) electrons. The van der Waals surface area contributed by atoms with E-state index in [1.54, 1.807) is 0 Å². The number of nitrogens with zero attached hydrogens (tertiary/aromatic N) is 1. The lowest BCUT2D eigenvalue weighted by molar-refractivity contribution is -0.0416. The molecule has 2 N–H and O–H groups in total. The topological polar surface area (TPSA) is 137 Å². The summed E-state index contributed by atoms with van der Waals surface area (Å²) < 4.78 is 40.0. The van der Waals surface area contributed by atoms with Crippen LogP contribution in [0.25, 0.3) is 0 Å². The van der Waals surface area contributed by atoms with Crippen molar-refractivity contribution in [2.45, 2.75) is 64.3 Å². The lowest BCUT2D eigenvalue weighted by Gasteiger charge is -2.16. The molecule has 0 spiro atoms. The van der Waals surface area contributed by atoms with Crippen LogP contribution in [0.3, 0.4) is 0 Å². The van der Waals surface area contributed by atoms with Crippen molar-refractivity contribution >= 4 is 10.1 Å². The Hall–Kier alpha value is -1.53. The molecule has 1 aliphatic rings. The van der Waals surface area contributed by atoms with E-state index in [9.17, 15) is 23.1 Å². The number of ether oxygens (including phenoxy) is 2. The Morgan fingerprint density at radius 2 is 2.15 bits per heavy atom. The van der Waals surface area contributed by atoms with Gasteiger partial charge in [0.2, 0.25) is 0 Å². The summed E-state index contributed by atoms with van der Waals surface area (Å²) >= 11 is 0. The SMILES string of the molecule is CCCC(C)OCc1cn([C@H]2C[C@H](OS(C)(=O)=O)[C@@H](CO)O2)c(=O)[nH]c1=O. The summed E-state index contributed by atoms with van der Waals surface area (Å²) in [5, 5.41) is 9.40. The van der Waals surface area contributed by atoms with Gasteiger partial charge >= 0.3 is 5.69 Å². The second-order valence-corrected chi connectivity index (χ2v) is 8.22. The second-order valence-electron chi connectivity index (χ2n) is 6.62. The van der Waals surface area contributed by atoms with Gasteiger partial charge in [0.15, 0.2) is 0 Å². The van der Waals surface area contributed by atoms with Crippen LogP contribution in [0.2, 0.25) is 0 Å². The first kappa shape index (κ1) is 21.8. The van der Waals surface area contributed by atoms with E-state index in [2.05, 4.69) is 4.98 Å². The normalized spacial score (nSPS) is 24.2. The Kier molecular flexibility index (Phi) is 7.34. The van der Waals surface area contributed by atoms with E-state index in [0.29, 0.717) is 0 Å². The molecule has 10 nitrogen and oxygen atoms in total. The predicted molar refractivity (Wildman–Crippen MR) is 95.8 cm³/mol. The zero-order valence-electron chi connectivity index (χ0n) is 15.6. The standard InChI is InChI=1S/C16H26N2O8S/c1-4-5-10(2)24-9-11-7-18(16(21)17-15(11)20)14-6-12(13(8-19)25-14)26-27(3,22)23/h7,10,12-14,19H,4-6,8-9H2,1-3H3,(H,17,20,21)/t10?,12-,13+,14+/m0/s1. The van der Waals surface area contributed by atoms with E-state index in [4.69, 9.17) is 13.7 Å². The van der Waals surface area contributed by atoms with E-state index in [0.717, 1.165) is 23.7 Å². The summed E-state index contributed by atoms with van der Waals surface area (Å²) in [6.07, 6.45) is 1.27. The van der Waals surface area contributed by atoms with Gasteiger partial charge in [-0.3, -0.25) is 18.5 Å². The smallest absolute Gasteiger partial charge is 0.330 e. The molecular weight excluding hydrogens is 380 g/mol. The van der Waals surface area contributed by atoms with Crippen LogP contribution in [0.15, 0.2) is 15.8 Å². The van der Waals surface area contributed by atoms with Gasteiger partial charge in [0.1, 0.15) is 18.4 Å². The van der Waals surface area contributed by atoms with Crippen molar-refractivity contribution < 1.29 is 27.2 Å². The first-order valence-electron chi connectivity index (χ1n) is 8.75. The molecule has 11 heteroatoms. The predicted octanol–water partition coefficient (Wildman–Crippen LogP) is -0.134. The molecule has 2 rings (SSSR count). The lowest BCUT2D eigenvalue weighted by atomic mass is 10.2. The molecule has 1 fully saturated rings. The van der Waals surface area contributed by atoms with Crippen molar-refractivity contribution in [3.8, 4) is 0 Å². The zero-order valence-corrected chi connectivity index (χ0v) is 16.4. The molecule has 1 unspecified atom stereocenters. The third-order valence-electron chi connectivity index (χ3n) is 4.23. The Labute approximate surface area is 157 Å². The maximum Gasteiger partial charge on any atom is 0.330 e. The average molecular weight is 406 g/mol. The molecule has 0 aliphatic carbocycles. The maximum atomic E-state index is 12.2. The summed E-state index contributed by atoms with van der Waals surface area (Å²) in [5.41, 5.74) is -1.01. The van der Waals surface area contributed by atoms with E-state index >= 15 is 0 Å². The highest BCUT2D eigenvalue weighted by atomic mass is 32.2. The summed E-state index contributed by atoms with van der Waals surface area (Å²) in [7, 11) is -3.76. The third-order valence-corrected chi connectivity index (χ3v) is 4.83. The monoisotopic (exact) mass is 406 g/mol. The van der Waals surface area contributed by atoms with E-state index < -0.39 is 46.4 Å². The third kappa shape index (κ3) is 5.98. The van der Waals surface area contributed by atoms with Crippen LogP contribution in [0.1, 0.15) is 44.9 Å². The van der Waals surface area contributed by atoms with Gasteiger partial charge in [-0.25, -0.2) is 4.79 Å². The molecule has 1 aliphatic heterocycles. The van der Waals surface area contributed by atoms with Crippen LogP contribution in [-0.4, -0.2) is 54.2 Å². The largest absolute Gasteiger partial charge is 0.394 e. The van der Waals surface area contributed by atoms with Crippen molar-refractivity contribution in [3.63, 3.8) is 0 Å². The number of aliphatic hydroxyl groups is 1. The number of aliphatic hydroxyl groups excluding tert-OH is 1. The number of hydrogen-bond donors (Lipinski definition) is 2. The number of nitrogens with one attached hydrogen (secondary N) is 1. The van der Waals surface area contributed by atoms with Gasteiger partial charge in [-0.1, -0.05) is 13.3 Å². The minimum atomic E-state index is -3.76. The average Bonchev–Trinajstić information content (AvgIpc) is 2.95. The molecule has 1 aromatic heterocycles. The maximum absolute atomic E-state index is 12.2. The highest BCUT2D eigenvalue weighted by molar-refractivity contribution is 7.86. The van der Waals surface area contributed by atoms with Gasteiger partial charge in [0.05, 0.1) is 31.1 Å². The molecule has 0 bridgehead atoms. The Bertz CT molecular complexity index is 847. The Morgan fingerprint density at radius 1 is 1.44 bits per heavy atom. The summed E-state index contributed by atoms with van der Waals surface area (Å²) in [6, 6.07) is 0. The van der Waals surface area contributed by atoms with Crippen molar-refractivity contribution in [2.75, 3.05) is 12.9 Å². The molecule has 4 atom stereocenters. The molecule has 1 aromatic rings. The molecular formula is C16H26N2O8S. The van der Waals surface area contributed by atoms with Crippen LogP contribution < -0.4 is 11.2 Å². The Morgan fingerprint density at radius 3 is 2.74 bits per heavy atom. The van der Waals surface area contributed by atoms with Crippen LogP contribution in [0.5, 0.6) is 0 Å². The molecule has 27 heavy (non-hydrogen) atoms. The van der Waals surface area contributed by atoms with Crippen molar-refractivity contribution in [1.82, 2.24) is 9.55 Å². The number of H-pyrrole nitrogens is 1. The molecule has 0 amide bonds. The lowest BCUT2D eigenvalue weighted by Crippen LogP contribution is -2.34. The fourth-order valence-corrected chi connectivity index (χ4v) is 3.58. The zero-order chi connectivity index (χ0) is 20.2. The van der Waals surface area contributed by atoms with Gasteiger partial charge in [0, 0.05) is 12.6 Å². The van der Waals surface area contributed by atoms with Crippen molar-refractivity contribution in [2.24, 2.45) is 0 Å². The summed E-state index contributed by atoms with van der Waals surface area (Å²) in [4.78, 5) is 26.4. The first-order chi connectivity index (χ1) is 12.6. The van der Waals surface area contributed by atoms with E-state index in [-0.39, 0.29) is 24.7 Å².